The second-order valence-corrected chi connectivity index (χ2v) is 7.45. The van der Waals surface area contributed by atoms with Gasteiger partial charge in [0.1, 0.15) is 36.2 Å². The number of benzene rings is 1. The number of rotatable bonds is 7. The first kappa shape index (κ1) is 22.1. The van der Waals surface area contributed by atoms with Crippen molar-refractivity contribution in [2.75, 3.05) is 32.2 Å². The molecular formula is C23H23N7O3. The Labute approximate surface area is 191 Å². The summed E-state index contributed by atoms with van der Waals surface area (Å²) in [5.41, 5.74) is 1.41. The highest BCUT2D eigenvalue weighted by Crippen LogP contribution is 2.28. The molecule has 1 fully saturated rings. The number of nitrogens with zero attached hydrogens (tertiary/aromatic N) is 7. The highest BCUT2D eigenvalue weighted by atomic mass is 16.5. The van der Waals surface area contributed by atoms with Gasteiger partial charge in [0, 0.05) is 39.1 Å². The SMILES string of the molecule is COCc1nnc(N2CCC(Oc3cccc(C#N)c3C#N)CC2)n1-c1ccc(OC)nc1. The number of hydrogen-bond acceptors (Lipinski definition) is 9. The molecule has 1 aromatic carbocycles. The molecule has 0 N–H and O–H groups in total. The molecule has 2 aromatic heterocycles. The summed E-state index contributed by atoms with van der Waals surface area (Å²) in [6.45, 7) is 1.70. The zero-order chi connectivity index (χ0) is 23.2. The van der Waals surface area contributed by atoms with Crippen LogP contribution in [0.2, 0.25) is 0 Å². The zero-order valence-electron chi connectivity index (χ0n) is 18.4. The molecule has 3 aromatic rings. The maximum atomic E-state index is 9.44. The summed E-state index contributed by atoms with van der Waals surface area (Å²) in [4.78, 5) is 6.45. The molecule has 0 spiro atoms. The third-order valence-corrected chi connectivity index (χ3v) is 5.45. The van der Waals surface area contributed by atoms with Gasteiger partial charge in [0.2, 0.25) is 11.8 Å². The van der Waals surface area contributed by atoms with E-state index in [2.05, 4.69) is 26.2 Å². The fourth-order valence-corrected chi connectivity index (χ4v) is 3.82. The van der Waals surface area contributed by atoms with E-state index in [9.17, 15) is 10.5 Å². The van der Waals surface area contributed by atoms with Gasteiger partial charge in [-0.05, 0) is 18.2 Å². The molecule has 3 heterocycles. The summed E-state index contributed by atoms with van der Waals surface area (Å²) in [5.74, 6) is 2.35. The molecule has 0 atom stereocenters. The van der Waals surface area contributed by atoms with Crippen molar-refractivity contribution in [2.24, 2.45) is 0 Å². The van der Waals surface area contributed by atoms with E-state index in [1.54, 1.807) is 44.7 Å². The first-order valence-corrected chi connectivity index (χ1v) is 10.5. The van der Waals surface area contributed by atoms with Gasteiger partial charge in [-0.3, -0.25) is 4.57 Å². The van der Waals surface area contributed by atoms with Crippen LogP contribution in [0.25, 0.3) is 5.69 Å². The molecule has 0 radical (unpaired) electrons. The van der Waals surface area contributed by atoms with Crippen LogP contribution < -0.4 is 14.4 Å². The predicted molar refractivity (Wildman–Crippen MR) is 118 cm³/mol. The summed E-state index contributed by atoms with van der Waals surface area (Å²) in [6, 6.07) is 12.9. The highest BCUT2D eigenvalue weighted by molar-refractivity contribution is 5.54. The van der Waals surface area contributed by atoms with Crippen LogP contribution in [0.1, 0.15) is 29.8 Å². The summed E-state index contributed by atoms with van der Waals surface area (Å²) in [5, 5.41) is 27.4. The molecule has 4 rings (SSSR count). The van der Waals surface area contributed by atoms with Gasteiger partial charge in [-0.25, -0.2) is 4.98 Å². The lowest BCUT2D eigenvalue weighted by Crippen LogP contribution is -2.39. The van der Waals surface area contributed by atoms with Gasteiger partial charge in [0.05, 0.1) is 24.6 Å². The normalized spacial score (nSPS) is 13.9. The van der Waals surface area contributed by atoms with Gasteiger partial charge in [0.25, 0.3) is 0 Å². The van der Waals surface area contributed by atoms with Gasteiger partial charge in [-0.1, -0.05) is 6.07 Å². The number of hydrogen-bond donors (Lipinski definition) is 0. The number of pyridine rings is 1. The second-order valence-electron chi connectivity index (χ2n) is 7.45. The van der Waals surface area contributed by atoms with Crippen molar-refractivity contribution in [3.05, 3.63) is 53.5 Å². The number of nitriles is 2. The average molecular weight is 445 g/mol. The van der Waals surface area contributed by atoms with Crippen LogP contribution >= 0.6 is 0 Å². The fraction of sp³-hybridized carbons (Fsp3) is 0.348. The Bertz CT molecular complexity index is 1190. The molecule has 1 aliphatic rings. The molecule has 0 amide bonds. The lowest BCUT2D eigenvalue weighted by molar-refractivity contribution is 0.169. The molecule has 1 saturated heterocycles. The van der Waals surface area contributed by atoms with E-state index >= 15 is 0 Å². The van der Waals surface area contributed by atoms with Gasteiger partial charge >= 0.3 is 0 Å². The Balaban J connectivity index is 1.51. The number of ether oxygens (including phenoxy) is 3. The minimum absolute atomic E-state index is 0.0697. The number of methoxy groups -OCH3 is 2. The van der Waals surface area contributed by atoms with Crippen molar-refractivity contribution in [1.29, 1.82) is 10.5 Å². The largest absolute Gasteiger partial charge is 0.489 e. The first-order chi connectivity index (χ1) is 16.2. The predicted octanol–water partition coefficient (Wildman–Crippen LogP) is 2.61. The summed E-state index contributed by atoms with van der Waals surface area (Å²) < 4.78 is 18.5. The third kappa shape index (κ3) is 4.56. The number of piperidine rings is 1. The van der Waals surface area contributed by atoms with E-state index in [4.69, 9.17) is 14.2 Å². The minimum Gasteiger partial charge on any atom is -0.489 e. The number of aromatic nitrogens is 4. The van der Waals surface area contributed by atoms with E-state index < -0.39 is 0 Å². The second kappa shape index (κ2) is 9.98. The molecule has 1 aliphatic heterocycles. The summed E-state index contributed by atoms with van der Waals surface area (Å²) in [6.07, 6.45) is 3.11. The minimum atomic E-state index is -0.0697. The Morgan fingerprint density at radius 2 is 1.88 bits per heavy atom. The van der Waals surface area contributed by atoms with Crippen LogP contribution in [0.4, 0.5) is 5.95 Å². The molecule has 33 heavy (non-hydrogen) atoms. The quantitative estimate of drug-likeness (QED) is 0.540. The lowest BCUT2D eigenvalue weighted by Gasteiger charge is -2.33. The van der Waals surface area contributed by atoms with Crippen LogP contribution in [0, 0.1) is 22.7 Å². The average Bonchev–Trinajstić information content (AvgIpc) is 3.28. The van der Waals surface area contributed by atoms with Crippen LogP contribution in [-0.4, -0.2) is 53.2 Å². The fourth-order valence-electron chi connectivity index (χ4n) is 3.82. The van der Waals surface area contributed by atoms with Crippen molar-refractivity contribution < 1.29 is 14.2 Å². The van der Waals surface area contributed by atoms with E-state index in [1.165, 1.54) is 0 Å². The Morgan fingerprint density at radius 3 is 2.52 bits per heavy atom. The Hall–Kier alpha value is -4.15. The van der Waals surface area contributed by atoms with E-state index in [0.29, 0.717) is 48.7 Å². The van der Waals surface area contributed by atoms with Crippen molar-refractivity contribution in [2.45, 2.75) is 25.6 Å². The van der Waals surface area contributed by atoms with E-state index in [0.717, 1.165) is 18.5 Å². The van der Waals surface area contributed by atoms with E-state index in [-0.39, 0.29) is 11.7 Å². The van der Waals surface area contributed by atoms with Crippen LogP contribution in [-0.2, 0) is 11.3 Å². The molecule has 0 aliphatic carbocycles. The van der Waals surface area contributed by atoms with Crippen LogP contribution in [0.15, 0.2) is 36.5 Å². The molecule has 0 saturated carbocycles. The maximum absolute atomic E-state index is 9.44. The van der Waals surface area contributed by atoms with Crippen molar-refractivity contribution in [3.63, 3.8) is 0 Å². The number of anilines is 1. The third-order valence-electron chi connectivity index (χ3n) is 5.45. The van der Waals surface area contributed by atoms with Crippen molar-refractivity contribution >= 4 is 5.95 Å². The summed E-state index contributed by atoms with van der Waals surface area (Å²) >= 11 is 0. The van der Waals surface area contributed by atoms with Gasteiger partial charge < -0.3 is 19.1 Å². The van der Waals surface area contributed by atoms with Gasteiger partial charge in [-0.2, -0.15) is 10.5 Å². The molecule has 168 valence electrons. The molecule has 10 heteroatoms. The highest BCUT2D eigenvalue weighted by Gasteiger charge is 2.27. The van der Waals surface area contributed by atoms with E-state index in [1.807, 2.05) is 16.7 Å². The maximum Gasteiger partial charge on any atom is 0.232 e. The summed E-state index contributed by atoms with van der Waals surface area (Å²) in [7, 11) is 3.19. The monoisotopic (exact) mass is 445 g/mol. The Morgan fingerprint density at radius 1 is 1.06 bits per heavy atom. The smallest absolute Gasteiger partial charge is 0.232 e. The van der Waals surface area contributed by atoms with Crippen molar-refractivity contribution in [1.82, 2.24) is 19.7 Å². The zero-order valence-corrected chi connectivity index (χ0v) is 18.4. The van der Waals surface area contributed by atoms with Crippen molar-refractivity contribution in [3.8, 4) is 29.5 Å². The topological polar surface area (TPSA) is 122 Å². The molecule has 10 nitrogen and oxygen atoms in total. The standard InChI is InChI=1S/C23H23N7O3/c1-31-15-21-27-28-23(30(21)17-6-7-22(32-2)26-14-17)29-10-8-18(9-11-29)33-20-5-3-4-16(12-24)19(20)13-25/h3-7,14,18H,8-11,15H2,1-2H3. The Kier molecular flexibility index (Phi) is 6.67. The van der Waals surface area contributed by atoms with Gasteiger partial charge in [0.15, 0.2) is 5.82 Å². The molecule has 0 bridgehead atoms. The van der Waals surface area contributed by atoms with Crippen LogP contribution in [0.3, 0.4) is 0 Å². The molecule has 0 unspecified atom stereocenters. The van der Waals surface area contributed by atoms with Crippen LogP contribution in [0.5, 0.6) is 11.6 Å². The van der Waals surface area contributed by atoms with Gasteiger partial charge in [-0.15, -0.1) is 10.2 Å². The molecular weight excluding hydrogens is 422 g/mol. The lowest BCUT2D eigenvalue weighted by atomic mass is 10.1. The first-order valence-electron chi connectivity index (χ1n) is 10.5.